The maximum absolute atomic E-state index is 5.96. The SMILES string of the molecule is CC(CC1CC1)Nc1cc(Cl)c(Cl)cc1N. The van der Waals surface area contributed by atoms with Crippen LogP contribution in [0, 0.1) is 5.92 Å². The largest absolute Gasteiger partial charge is 0.397 e. The van der Waals surface area contributed by atoms with E-state index in [0.29, 0.717) is 21.8 Å². The lowest BCUT2D eigenvalue weighted by atomic mass is 10.1. The van der Waals surface area contributed by atoms with E-state index in [9.17, 15) is 0 Å². The molecule has 1 fully saturated rings. The Hall–Kier alpha value is -0.600. The van der Waals surface area contributed by atoms with E-state index in [1.54, 1.807) is 12.1 Å². The second-order valence-electron chi connectivity index (χ2n) is 4.58. The first kappa shape index (κ1) is 11.9. The van der Waals surface area contributed by atoms with Crippen LogP contribution in [-0.2, 0) is 0 Å². The summed E-state index contributed by atoms with van der Waals surface area (Å²) in [5.74, 6) is 0.895. The molecule has 0 bridgehead atoms. The van der Waals surface area contributed by atoms with Gasteiger partial charge in [-0.2, -0.15) is 0 Å². The molecule has 0 saturated heterocycles. The fraction of sp³-hybridized carbons (Fsp3) is 0.500. The predicted octanol–water partition coefficient (Wildman–Crippen LogP) is 4.18. The Morgan fingerprint density at radius 3 is 2.62 bits per heavy atom. The Balaban J connectivity index is 2.04. The highest BCUT2D eigenvalue weighted by atomic mass is 35.5. The van der Waals surface area contributed by atoms with Crippen molar-refractivity contribution in [1.82, 2.24) is 0 Å². The molecule has 1 unspecified atom stereocenters. The number of nitrogen functional groups attached to an aromatic ring is 1. The Labute approximate surface area is 106 Å². The summed E-state index contributed by atoms with van der Waals surface area (Å²) in [6.07, 6.45) is 3.92. The zero-order valence-electron chi connectivity index (χ0n) is 9.26. The van der Waals surface area contributed by atoms with E-state index in [-0.39, 0.29) is 0 Å². The van der Waals surface area contributed by atoms with Gasteiger partial charge in [0, 0.05) is 6.04 Å². The monoisotopic (exact) mass is 258 g/mol. The van der Waals surface area contributed by atoms with Crippen molar-refractivity contribution in [3.8, 4) is 0 Å². The van der Waals surface area contributed by atoms with Crippen molar-refractivity contribution in [2.45, 2.75) is 32.2 Å². The molecular weight excluding hydrogens is 243 g/mol. The van der Waals surface area contributed by atoms with E-state index in [4.69, 9.17) is 28.9 Å². The van der Waals surface area contributed by atoms with Crippen molar-refractivity contribution < 1.29 is 0 Å². The Bertz CT molecular complexity index is 389. The maximum atomic E-state index is 5.96. The lowest BCUT2D eigenvalue weighted by molar-refractivity contribution is 0.642. The maximum Gasteiger partial charge on any atom is 0.0614 e. The Morgan fingerprint density at radius 2 is 2.00 bits per heavy atom. The molecule has 0 heterocycles. The van der Waals surface area contributed by atoms with Crippen LogP contribution in [0.15, 0.2) is 12.1 Å². The van der Waals surface area contributed by atoms with E-state index >= 15 is 0 Å². The molecule has 1 aliphatic carbocycles. The van der Waals surface area contributed by atoms with Crippen molar-refractivity contribution in [1.29, 1.82) is 0 Å². The molecule has 1 aliphatic rings. The molecule has 0 aromatic heterocycles. The average molecular weight is 259 g/mol. The topological polar surface area (TPSA) is 38.0 Å². The summed E-state index contributed by atoms with van der Waals surface area (Å²) in [4.78, 5) is 0. The van der Waals surface area contributed by atoms with Gasteiger partial charge in [0.15, 0.2) is 0 Å². The molecule has 1 saturated carbocycles. The molecule has 88 valence electrons. The number of nitrogens with two attached hydrogens (primary N) is 1. The number of hydrogen-bond donors (Lipinski definition) is 2. The van der Waals surface area contributed by atoms with Gasteiger partial charge in [0.25, 0.3) is 0 Å². The van der Waals surface area contributed by atoms with Crippen molar-refractivity contribution in [2.75, 3.05) is 11.1 Å². The standard InChI is InChI=1S/C12H16Cl2N2/c1-7(4-8-2-3-8)16-12-6-10(14)9(13)5-11(12)15/h5-8,16H,2-4,15H2,1H3. The normalized spacial score (nSPS) is 17.2. The number of nitrogens with one attached hydrogen (secondary N) is 1. The first-order valence-electron chi connectivity index (χ1n) is 5.57. The van der Waals surface area contributed by atoms with Crippen LogP contribution in [-0.4, -0.2) is 6.04 Å². The van der Waals surface area contributed by atoms with Gasteiger partial charge in [0.1, 0.15) is 0 Å². The summed E-state index contributed by atoms with van der Waals surface area (Å²) in [5.41, 5.74) is 7.41. The number of rotatable bonds is 4. The van der Waals surface area contributed by atoms with Gasteiger partial charge >= 0.3 is 0 Å². The van der Waals surface area contributed by atoms with E-state index < -0.39 is 0 Å². The smallest absolute Gasteiger partial charge is 0.0614 e. The number of hydrogen-bond acceptors (Lipinski definition) is 2. The lowest BCUT2D eigenvalue weighted by Crippen LogP contribution is -2.16. The van der Waals surface area contributed by atoms with Crippen LogP contribution in [0.2, 0.25) is 10.0 Å². The minimum Gasteiger partial charge on any atom is -0.397 e. The number of anilines is 2. The zero-order valence-corrected chi connectivity index (χ0v) is 10.8. The zero-order chi connectivity index (χ0) is 11.7. The van der Waals surface area contributed by atoms with E-state index in [0.717, 1.165) is 11.6 Å². The summed E-state index contributed by atoms with van der Waals surface area (Å²) in [6.45, 7) is 2.17. The van der Waals surface area contributed by atoms with E-state index in [1.807, 2.05) is 0 Å². The van der Waals surface area contributed by atoms with Gasteiger partial charge in [-0.3, -0.25) is 0 Å². The van der Waals surface area contributed by atoms with Crippen LogP contribution < -0.4 is 11.1 Å². The van der Waals surface area contributed by atoms with Gasteiger partial charge in [-0.15, -0.1) is 0 Å². The summed E-state index contributed by atoms with van der Waals surface area (Å²) >= 11 is 11.8. The summed E-state index contributed by atoms with van der Waals surface area (Å²) < 4.78 is 0. The van der Waals surface area contributed by atoms with Crippen LogP contribution >= 0.6 is 23.2 Å². The molecule has 0 amide bonds. The lowest BCUT2D eigenvalue weighted by Gasteiger charge is -2.17. The molecule has 3 N–H and O–H groups in total. The highest BCUT2D eigenvalue weighted by Gasteiger charge is 2.23. The highest BCUT2D eigenvalue weighted by Crippen LogP contribution is 2.35. The fourth-order valence-corrected chi connectivity index (χ4v) is 2.20. The van der Waals surface area contributed by atoms with Crippen molar-refractivity contribution in [3.05, 3.63) is 22.2 Å². The predicted molar refractivity (Wildman–Crippen MR) is 71.3 cm³/mol. The second kappa shape index (κ2) is 4.72. The first-order chi connectivity index (χ1) is 7.56. The van der Waals surface area contributed by atoms with Gasteiger partial charge in [-0.05, 0) is 31.4 Å². The number of benzene rings is 1. The van der Waals surface area contributed by atoms with E-state index in [1.165, 1.54) is 19.3 Å². The average Bonchev–Trinajstić information content (AvgIpc) is 2.98. The molecular formula is C12H16Cl2N2. The Morgan fingerprint density at radius 1 is 1.38 bits per heavy atom. The van der Waals surface area contributed by atoms with Crippen LogP contribution in [0.3, 0.4) is 0 Å². The molecule has 1 aromatic rings. The fourth-order valence-electron chi connectivity index (χ4n) is 1.87. The van der Waals surface area contributed by atoms with Crippen LogP contribution in [0.5, 0.6) is 0 Å². The summed E-state index contributed by atoms with van der Waals surface area (Å²) in [7, 11) is 0. The molecule has 16 heavy (non-hydrogen) atoms. The number of halogens is 2. The van der Waals surface area contributed by atoms with Crippen molar-refractivity contribution in [2.24, 2.45) is 5.92 Å². The third-order valence-electron chi connectivity index (χ3n) is 2.88. The molecule has 0 radical (unpaired) electrons. The molecule has 2 rings (SSSR count). The summed E-state index contributed by atoms with van der Waals surface area (Å²) in [5, 5.41) is 4.42. The van der Waals surface area contributed by atoms with Crippen LogP contribution in [0.1, 0.15) is 26.2 Å². The highest BCUT2D eigenvalue weighted by molar-refractivity contribution is 6.42. The summed E-state index contributed by atoms with van der Waals surface area (Å²) in [6, 6.07) is 3.91. The molecule has 0 spiro atoms. The van der Waals surface area contributed by atoms with Crippen molar-refractivity contribution >= 4 is 34.6 Å². The van der Waals surface area contributed by atoms with Crippen LogP contribution in [0.25, 0.3) is 0 Å². The third kappa shape index (κ3) is 2.96. The minimum absolute atomic E-state index is 0.423. The van der Waals surface area contributed by atoms with Gasteiger partial charge in [0.2, 0.25) is 0 Å². The molecule has 4 heteroatoms. The van der Waals surface area contributed by atoms with Crippen molar-refractivity contribution in [3.63, 3.8) is 0 Å². The van der Waals surface area contributed by atoms with E-state index in [2.05, 4.69) is 12.2 Å². The van der Waals surface area contributed by atoms with Crippen LogP contribution in [0.4, 0.5) is 11.4 Å². The third-order valence-corrected chi connectivity index (χ3v) is 3.60. The van der Waals surface area contributed by atoms with Gasteiger partial charge < -0.3 is 11.1 Å². The Kier molecular flexibility index (Phi) is 3.50. The van der Waals surface area contributed by atoms with Gasteiger partial charge in [-0.1, -0.05) is 36.0 Å². The molecule has 1 aromatic carbocycles. The van der Waals surface area contributed by atoms with Gasteiger partial charge in [-0.25, -0.2) is 0 Å². The quantitative estimate of drug-likeness (QED) is 0.796. The molecule has 0 aliphatic heterocycles. The first-order valence-corrected chi connectivity index (χ1v) is 6.33. The van der Waals surface area contributed by atoms with Gasteiger partial charge in [0.05, 0.1) is 21.4 Å². The minimum atomic E-state index is 0.423. The second-order valence-corrected chi connectivity index (χ2v) is 5.39. The molecule has 2 nitrogen and oxygen atoms in total. The molecule has 1 atom stereocenters.